The lowest BCUT2D eigenvalue weighted by Crippen LogP contribution is -2.26. The molecule has 1 heterocycles. The van der Waals surface area contributed by atoms with Crippen LogP contribution in [0, 0.1) is 6.92 Å². The molecule has 21 heavy (non-hydrogen) atoms. The molecule has 1 N–H and O–H groups in total. The number of aryl methyl sites for hydroxylation is 2. The van der Waals surface area contributed by atoms with Crippen LogP contribution >= 0.6 is 11.6 Å². The molecule has 2 aromatic rings. The lowest BCUT2D eigenvalue weighted by atomic mass is 10.1. The number of halogens is 1. The van der Waals surface area contributed by atoms with Gasteiger partial charge in [-0.25, -0.2) is 0 Å². The van der Waals surface area contributed by atoms with Crippen LogP contribution < -0.4 is 5.32 Å². The lowest BCUT2D eigenvalue weighted by molar-refractivity contribution is -0.120. The fraction of sp³-hybridized carbons (Fsp3) is 0.375. The van der Waals surface area contributed by atoms with Gasteiger partial charge in [0.2, 0.25) is 5.91 Å². The standard InChI is InChI=1S/C16H19ClN2O2/c1-12-9-15(19-21-12)11-16(20)18-8-3-2-5-13-6-4-7-14(17)10-13/h4,6-7,9-10H,2-3,5,8,11H2,1H3,(H,18,20). The third kappa shape index (κ3) is 5.60. The van der Waals surface area contributed by atoms with Gasteiger partial charge in [0, 0.05) is 17.6 Å². The smallest absolute Gasteiger partial charge is 0.226 e. The number of aromatic nitrogens is 1. The van der Waals surface area contributed by atoms with E-state index in [0.717, 1.165) is 30.0 Å². The Kier molecular flexibility index (Phi) is 5.81. The van der Waals surface area contributed by atoms with Crippen LogP contribution in [0.1, 0.15) is 29.9 Å². The highest BCUT2D eigenvalue weighted by Crippen LogP contribution is 2.12. The van der Waals surface area contributed by atoms with E-state index >= 15 is 0 Å². The molecule has 0 aliphatic carbocycles. The zero-order valence-corrected chi connectivity index (χ0v) is 12.8. The molecule has 0 radical (unpaired) electrons. The summed E-state index contributed by atoms with van der Waals surface area (Å²) in [6.07, 6.45) is 3.20. The quantitative estimate of drug-likeness (QED) is 0.798. The van der Waals surface area contributed by atoms with E-state index in [1.54, 1.807) is 6.07 Å². The summed E-state index contributed by atoms with van der Waals surface area (Å²) < 4.78 is 4.93. The Morgan fingerprint density at radius 2 is 2.19 bits per heavy atom. The van der Waals surface area contributed by atoms with Crippen molar-refractivity contribution in [3.05, 3.63) is 52.4 Å². The summed E-state index contributed by atoms with van der Waals surface area (Å²) in [5, 5.41) is 7.46. The second kappa shape index (κ2) is 7.84. The maximum absolute atomic E-state index is 11.7. The predicted octanol–water partition coefficient (Wildman–Crippen LogP) is 3.32. The molecule has 1 aromatic heterocycles. The number of amides is 1. The number of unbranched alkanes of at least 4 members (excludes halogenated alkanes) is 1. The third-order valence-corrected chi connectivity index (χ3v) is 3.36. The molecule has 112 valence electrons. The topological polar surface area (TPSA) is 55.1 Å². The van der Waals surface area contributed by atoms with Crippen LogP contribution in [0.15, 0.2) is 34.9 Å². The zero-order chi connectivity index (χ0) is 15.1. The van der Waals surface area contributed by atoms with E-state index in [1.807, 2.05) is 25.1 Å². The molecule has 0 saturated heterocycles. The molecule has 0 bridgehead atoms. The summed E-state index contributed by atoms with van der Waals surface area (Å²) in [5.41, 5.74) is 1.90. The Balaban J connectivity index is 1.60. The monoisotopic (exact) mass is 306 g/mol. The van der Waals surface area contributed by atoms with Gasteiger partial charge >= 0.3 is 0 Å². The minimum atomic E-state index is -0.0222. The Morgan fingerprint density at radius 3 is 2.90 bits per heavy atom. The van der Waals surface area contributed by atoms with Gasteiger partial charge in [-0.2, -0.15) is 0 Å². The number of benzene rings is 1. The van der Waals surface area contributed by atoms with Crippen molar-refractivity contribution in [2.24, 2.45) is 0 Å². The molecule has 2 rings (SSSR count). The van der Waals surface area contributed by atoms with Gasteiger partial charge in [-0.05, 0) is 43.9 Å². The van der Waals surface area contributed by atoms with Gasteiger partial charge in [-0.15, -0.1) is 0 Å². The van der Waals surface area contributed by atoms with Crippen molar-refractivity contribution in [3.8, 4) is 0 Å². The number of carbonyl (C=O) groups is 1. The van der Waals surface area contributed by atoms with Crippen LogP contribution in [0.4, 0.5) is 0 Å². The fourth-order valence-electron chi connectivity index (χ4n) is 2.10. The highest BCUT2D eigenvalue weighted by molar-refractivity contribution is 6.30. The minimum absolute atomic E-state index is 0.0222. The Bertz CT molecular complexity index is 595. The third-order valence-electron chi connectivity index (χ3n) is 3.12. The molecule has 0 aliphatic rings. The van der Waals surface area contributed by atoms with Crippen molar-refractivity contribution >= 4 is 17.5 Å². The molecule has 0 fully saturated rings. The molecule has 1 aromatic carbocycles. The van der Waals surface area contributed by atoms with Gasteiger partial charge < -0.3 is 9.84 Å². The average Bonchev–Trinajstić information content (AvgIpc) is 2.84. The Labute approximate surface area is 129 Å². The van der Waals surface area contributed by atoms with Crippen LogP contribution in [0.3, 0.4) is 0 Å². The molecule has 0 unspecified atom stereocenters. The first-order chi connectivity index (χ1) is 10.1. The average molecular weight is 307 g/mol. The van der Waals surface area contributed by atoms with E-state index in [1.165, 1.54) is 5.56 Å². The van der Waals surface area contributed by atoms with E-state index in [9.17, 15) is 4.79 Å². The first-order valence-corrected chi connectivity index (χ1v) is 7.44. The first kappa shape index (κ1) is 15.6. The highest BCUT2D eigenvalue weighted by atomic mass is 35.5. The van der Waals surface area contributed by atoms with E-state index in [0.29, 0.717) is 12.2 Å². The summed E-state index contributed by atoms with van der Waals surface area (Å²) in [7, 11) is 0. The maximum Gasteiger partial charge on any atom is 0.226 e. The van der Waals surface area contributed by atoms with Crippen LogP contribution in [-0.4, -0.2) is 17.6 Å². The Morgan fingerprint density at radius 1 is 1.33 bits per heavy atom. The normalized spacial score (nSPS) is 10.6. The van der Waals surface area contributed by atoms with Crippen LogP contribution in [0.2, 0.25) is 5.02 Å². The Hall–Kier alpha value is -1.81. The van der Waals surface area contributed by atoms with Gasteiger partial charge in [0.15, 0.2) is 0 Å². The second-order valence-electron chi connectivity index (χ2n) is 5.04. The lowest BCUT2D eigenvalue weighted by Gasteiger charge is -2.04. The summed E-state index contributed by atoms with van der Waals surface area (Å²) in [5.74, 6) is 0.699. The summed E-state index contributed by atoms with van der Waals surface area (Å²) in [6, 6.07) is 9.65. The van der Waals surface area contributed by atoms with Crippen molar-refractivity contribution in [1.82, 2.24) is 10.5 Å². The SMILES string of the molecule is Cc1cc(CC(=O)NCCCCc2cccc(Cl)c2)no1. The summed E-state index contributed by atoms with van der Waals surface area (Å²) >= 11 is 5.93. The van der Waals surface area contributed by atoms with Crippen molar-refractivity contribution in [3.63, 3.8) is 0 Å². The second-order valence-corrected chi connectivity index (χ2v) is 5.48. The summed E-state index contributed by atoms with van der Waals surface area (Å²) in [6.45, 7) is 2.49. The first-order valence-electron chi connectivity index (χ1n) is 7.07. The number of rotatable bonds is 7. The minimum Gasteiger partial charge on any atom is -0.361 e. The van der Waals surface area contributed by atoms with Crippen LogP contribution in [0.5, 0.6) is 0 Å². The van der Waals surface area contributed by atoms with E-state index in [4.69, 9.17) is 16.1 Å². The molecule has 1 amide bonds. The number of hydrogen-bond acceptors (Lipinski definition) is 3. The molecule has 5 heteroatoms. The van der Waals surface area contributed by atoms with E-state index in [2.05, 4.69) is 16.5 Å². The fourth-order valence-corrected chi connectivity index (χ4v) is 2.32. The van der Waals surface area contributed by atoms with Gasteiger partial charge in [-0.3, -0.25) is 4.79 Å². The van der Waals surface area contributed by atoms with Gasteiger partial charge in [0.25, 0.3) is 0 Å². The van der Waals surface area contributed by atoms with E-state index < -0.39 is 0 Å². The van der Waals surface area contributed by atoms with Gasteiger partial charge in [0.05, 0.1) is 12.1 Å². The van der Waals surface area contributed by atoms with Crippen LogP contribution in [0.25, 0.3) is 0 Å². The van der Waals surface area contributed by atoms with Crippen molar-refractivity contribution in [2.75, 3.05) is 6.54 Å². The highest BCUT2D eigenvalue weighted by Gasteiger charge is 2.06. The van der Waals surface area contributed by atoms with E-state index in [-0.39, 0.29) is 12.3 Å². The summed E-state index contributed by atoms with van der Waals surface area (Å²) in [4.78, 5) is 11.7. The maximum atomic E-state index is 11.7. The zero-order valence-electron chi connectivity index (χ0n) is 12.1. The number of nitrogens with one attached hydrogen (secondary N) is 1. The molecule has 0 atom stereocenters. The number of hydrogen-bond donors (Lipinski definition) is 1. The van der Waals surface area contributed by atoms with Gasteiger partial charge in [-0.1, -0.05) is 28.9 Å². The van der Waals surface area contributed by atoms with Crippen molar-refractivity contribution in [2.45, 2.75) is 32.6 Å². The van der Waals surface area contributed by atoms with Crippen LogP contribution in [-0.2, 0) is 17.6 Å². The molecular formula is C16H19ClN2O2. The molecule has 0 spiro atoms. The molecule has 0 saturated carbocycles. The van der Waals surface area contributed by atoms with Gasteiger partial charge in [0.1, 0.15) is 5.76 Å². The predicted molar refractivity (Wildman–Crippen MR) is 82.3 cm³/mol. The number of carbonyl (C=O) groups excluding carboxylic acids is 1. The molecular weight excluding hydrogens is 288 g/mol. The molecule has 4 nitrogen and oxygen atoms in total. The largest absolute Gasteiger partial charge is 0.361 e. The van der Waals surface area contributed by atoms with Crippen molar-refractivity contribution in [1.29, 1.82) is 0 Å². The number of nitrogens with zero attached hydrogens (tertiary/aromatic N) is 1. The molecule has 0 aliphatic heterocycles. The van der Waals surface area contributed by atoms with Crippen molar-refractivity contribution < 1.29 is 9.32 Å².